The number of hydrogen-bond acceptors (Lipinski definition) is 3. The van der Waals surface area contributed by atoms with Gasteiger partial charge in [0.1, 0.15) is 11.6 Å². The highest BCUT2D eigenvalue weighted by Crippen LogP contribution is 2.37. The molecule has 4 heteroatoms. The number of nitrogens with one attached hydrogen (secondary N) is 1. The van der Waals surface area contributed by atoms with Gasteiger partial charge < -0.3 is 5.32 Å². The molecular formula is C17H28IN3. The highest BCUT2D eigenvalue weighted by molar-refractivity contribution is 14.1. The predicted octanol–water partition coefficient (Wildman–Crippen LogP) is 5.15. The van der Waals surface area contributed by atoms with Gasteiger partial charge in [0.2, 0.25) is 0 Å². The number of hydrogen-bond donors (Lipinski definition) is 1. The summed E-state index contributed by atoms with van der Waals surface area (Å²) in [7, 11) is 0. The molecule has 21 heavy (non-hydrogen) atoms. The summed E-state index contributed by atoms with van der Waals surface area (Å²) in [5.74, 6) is 3.45. The first-order chi connectivity index (χ1) is 10.1. The van der Waals surface area contributed by atoms with Crippen LogP contribution in [0.15, 0.2) is 0 Å². The van der Waals surface area contributed by atoms with Crippen LogP contribution in [0.2, 0.25) is 0 Å². The Bertz CT molecular complexity index is 454. The SMILES string of the molecule is CCCNc1nc(CCC(C)C)nc(C2CCCC2)c1I. The van der Waals surface area contributed by atoms with Crippen LogP contribution in [0.4, 0.5) is 5.82 Å². The molecule has 0 bridgehead atoms. The summed E-state index contributed by atoms with van der Waals surface area (Å²) in [5.41, 5.74) is 1.31. The van der Waals surface area contributed by atoms with Gasteiger partial charge in [-0.3, -0.25) is 0 Å². The van der Waals surface area contributed by atoms with Gasteiger partial charge in [-0.1, -0.05) is 33.6 Å². The summed E-state index contributed by atoms with van der Waals surface area (Å²) in [6.07, 6.45) is 8.58. The Kier molecular flexibility index (Phi) is 6.71. The molecule has 0 aromatic carbocycles. The summed E-state index contributed by atoms with van der Waals surface area (Å²) < 4.78 is 1.25. The van der Waals surface area contributed by atoms with Crippen LogP contribution in [-0.2, 0) is 6.42 Å². The molecule has 0 spiro atoms. The third kappa shape index (κ3) is 4.80. The van der Waals surface area contributed by atoms with Crippen LogP contribution >= 0.6 is 22.6 Å². The lowest BCUT2D eigenvalue weighted by molar-refractivity contribution is 0.570. The average molecular weight is 401 g/mol. The molecule has 1 aromatic heterocycles. The van der Waals surface area contributed by atoms with E-state index in [2.05, 4.69) is 48.7 Å². The highest BCUT2D eigenvalue weighted by atomic mass is 127. The largest absolute Gasteiger partial charge is 0.369 e. The molecule has 1 saturated carbocycles. The first kappa shape index (κ1) is 17.0. The predicted molar refractivity (Wildman–Crippen MR) is 97.9 cm³/mol. The zero-order valence-corrected chi connectivity index (χ0v) is 15.7. The Morgan fingerprint density at radius 1 is 1.24 bits per heavy atom. The van der Waals surface area contributed by atoms with Crippen LogP contribution in [0.1, 0.15) is 76.7 Å². The Labute approximate surface area is 142 Å². The molecule has 1 aromatic rings. The van der Waals surface area contributed by atoms with Crippen LogP contribution in [0.5, 0.6) is 0 Å². The Hall–Kier alpha value is -0.390. The van der Waals surface area contributed by atoms with Crippen molar-refractivity contribution in [2.75, 3.05) is 11.9 Å². The maximum absolute atomic E-state index is 4.94. The van der Waals surface area contributed by atoms with E-state index in [1.807, 2.05) is 0 Å². The minimum atomic E-state index is 0.653. The lowest BCUT2D eigenvalue weighted by Gasteiger charge is -2.17. The summed E-state index contributed by atoms with van der Waals surface area (Å²) in [4.78, 5) is 9.72. The first-order valence-corrected chi connectivity index (χ1v) is 9.49. The number of aryl methyl sites for hydroxylation is 1. The van der Waals surface area contributed by atoms with Crippen molar-refractivity contribution < 1.29 is 0 Å². The van der Waals surface area contributed by atoms with Crippen LogP contribution in [0.25, 0.3) is 0 Å². The van der Waals surface area contributed by atoms with Crippen molar-refractivity contribution in [2.24, 2.45) is 5.92 Å². The smallest absolute Gasteiger partial charge is 0.143 e. The molecular weight excluding hydrogens is 373 g/mol. The van der Waals surface area contributed by atoms with E-state index in [1.165, 1.54) is 34.9 Å². The number of aromatic nitrogens is 2. The maximum Gasteiger partial charge on any atom is 0.143 e. The molecule has 2 rings (SSSR count). The van der Waals surface area contributed by atoms with Gasteiger partial charge in [0.15, 0.2) is 0 Å². The molecule has 118 valence electrons. The third-order valence-corrected chi connectivity index (χ3v) is 5.22. The van der Waals surface area contributed by atoms with Gasteiger partial charge >= 0.3 is 0 Å². The molecule has 0 amide bonds. The van der Waals surface area contributed by atoms with Crippen molar-refractivity contribution in [3.05, 3.63) is 15.1 Å². The number of nitrogens with zero attached hydrogens (tertiary/aromatic N) is 2. The summed E-state index contributed by atoms with van der Waals surface area (Å²) in [5, 5.41) is 3.50. The molecule has 0 aliphatic heterocycles. The summed E-state index contributed by atoms with van der Waals surface area (Å²) >= 11 is 2.44. The molecule has 1 heterocycles. The van der Waals surface area contributed by atoms with E-state index >= 15 is 0 Å². The van der Waals surface area contributed by atoms with Crippen molar-refractivity contribution in [1.82, 2.24) is 9.97 Å². The normalized spacial score (nSPS) is 15.9. The lowest BCUT2D eigenvalue weighted by Crippen LogP contribution is -2.13. The fraction of sp³-hybridized carbons (Fsp3) is 0.765. The molecule has 1 aliphatic rings. The summed E-state index contributed by atoms with van der Waals surface area (Å²) in [6.45, 7) is 7.71. The van der Waals surface area contributed by atoms with Gasteiger partial charge in [-0.05, 0) is 54.2 Å². The minimum absolute atomic E-state index is 0.653. The van der Waals surface area contributed by atoms with Gasteiger partial charge in [-0.2, -0.15) is 0 Å². The van der Waals surface area contributed by atoms with Crippen LogP contribution in [-0.4, -0.2) is 16.5 Å². The van der Waals surface area contributed by atoms with Crippen LogP contribution < -0.4 is 5.32 Å². The molecule has 1 aliphatic carbocycles. The van der Waals surface area contributed by atoms with Crippen molar-refractivity contribution >= 4 is 28.4 Å². The second-order valence-electron chi connectivity index (χ2n) is 6.53. The molecule has 0 unspecified atom stereocenters. The number of rotatable bonds is 7. The molecule has 3 nitrogen and oxygen atoms in total. The standard InChI is InChI=1S/C17H28IN3/c1-4-11-19-17-15(18)16(13-7-5-6-8-13)20-14(21-17)10-9-12(2)3/h12-13H,4-11H2,1-3H3,(H,19,20,21). The van der Waals surface area contributed by atoms with E-state index in [4.69, 9.17) is 9.97 Å². The molecule has 0 saturated heterocycles. The molecule has 1 N–H and O–H groups in total. The summed E-state index contributed by atoms with van der Waals surface area (Å²) in [6, 6.07) is 0. The van der Waals surface area contributed by atoms with E-state index in [1.54, 1.807) is 0 Å². The Morgan fingerprint density at radius 3 is 2.57 bits per heavy atom. The van der Waals surface area contributed by atoms with Gasteiger partial charge in [-0.15, -0.1) is 0 Å². The van der Waals surface area contributed by atoms with Crippen molar-refractivity contribution in [3.8, 4) is 0 Å². The van der Waals surface area contributed by atoms with Crippen LogP contribution in [0.3, 0.4) is 0 Å². The van der Waals surface area contributed by atoms with Crippen molar-refractivity contribution in [1.29, 1.82) is 0 Å². The van der Waals surface area contributed by atoms with Gasteiger partial charge in [0.25, 0.3) is 0 Å². The van der Waals surface area contributed by atoms with E-state index < -0.39 is 0 Å². The fourth-order valence-electron chi connectivity index (χ4n) is 2.87. The second-order valence-corrected chi connectivity index (χ2v) is 7.61. The molecule has 0 radical (unpaired) electrons. The highest BCUT2D eigenvalue weighted by Gasteiger charge is 2.23. The zero-order chi connectivity index (χ0) is 15.2. The quantitative estimate of drug-likeness (QED) is 0.643. The molecule has 1 fully saturated rings. The fourth-order valence-corrected chi connectivity index (χ4v) is 3.74. The average Bonchev–Trinajstić information content (AvgIpc) is 2.98. The van der Waals surface area contributed by atoms with Gasteiger partial charge in [0, 0.05) is 18.9 Å². The third-order valence-electron chi connectivity index (χ3n) is 4.15. The Balaban J connectivity index is 2.25. The van der Waals surface area contributed by atoms with E-state index in [9.17, 15) is 0 Å². The molecule has 0 atom stereocenters. The van der Waals surface area contributed by atoms with Crippen LogP contribution in [0, 0.1) is 9.49 Å². The number of anilines is 1. The monoisotopic (exact) mass is 401 g/mol. The first-order valence-electron chi connectivity index (χ1n) is 8.42. The van der Waals surface area contributed by atoms with E-state index in [0.717, 1.165) is 37.4 Å². The van der Waals surface area contributed by atoms with Gasteiger partial charge in [-0.25, -0.2) is 9.97 Å². The Morgan fingerprint density at radius 2 is 1.95 bits per heavy atom. The topological polar surface area (TPSA) is 37.8 Å². The van der Waals surface area contributed by atoms with E-state index in [0.29, 0.717) is 11.8 Å². The van der Waals surface area contributed by atoms with Gasteiger partial charge in [0.05, 0.1) is 9.26 Å². The number of halogens is 1. The van der Waals surface area contributed by atoms with Crippen molar-refractivity contribution in [3.63, 3.8) is 0 Å². The zero-order valence-electron chi connectivity index (χ0n) is 13.6. The lowest BCUT2D eigenvalue weighted by atomic mass is 10.0. The maximum atomic E-state index is 4.94. The minimum Gasteiger partial charge on any atom is -0.369 e. The second kappa shape index (κ2) is 8.30. The van der Waals surface area contributed by atoms with Crippen molar-refractivity contribution in [2.45, 2.75) is 71.6 Å². The van der Waals surface area contributed by atoms with E-state index in [-0.39, 0.29) is 0 Å².